The zero-order valence-corrected chi connectivity index (χ0v) is 7.19. The van der Waals surface area contributed by atoms with Crippen molar-refractivity contribution < 1.29 is 5.11 Å². The van der Waals surface area contributed by atoms with Crippen molar-refractivity contribution in [2.75, 3.05) is 5.33 Å². The number of nitrogens with one attached hydrogen (secondary N) is 1. The quantitative estimate of drug-likeness (QED) is 0.726. The molecule has 0 bridgehead atoms. The second-order valence-electron chi connectivity index (χ2n) is 2.13. The van der Waals surface area contributed by atoms with E-state index in [1.54, 1.807) is 12.3 Å². The number of rotatable bonds is 3. The number of alkyl halides is 1. The minimum absolute atomic E-state index is 0.376. The van der Waals surface area contributed by atoms with Crippen molar-refractivity contribution in [2.24, 2.45) is 0 Å². The highest BCUT2D eigenvalue weighted by Crippen LogP contribution is 2.15. The summed E-state index contributed by atoms with van der Waals surface area (Å²) < 4.78 is 0. The SMILES string of the molecule is Oc1cc[nH]c1CCCBr. The molecule has 0 aliphatic rings. The standard InChI is InChI=1S/C7H10BrNO/c8-4-1-2-6-7(10)3-5-9-6/h3,5,9-10H,1-2,4H2. The number of hydrogen-bond acceptors (Lipinski definition) is 1. The van der Waals surface area contributed by atoms with Crippen LogP contribution in [0.25, 0.3) is 0 Å². The molecule has 0 radical (unpaired) electrons. The van der Waals surface area contributed by atoms with E-state index in [0.717, 1.165) is 23.9 Å². The fraction of sp³-hybridized carbons (Fsp3) is 0.429. The van der Waals surface area contributed by atoms with Crippen molar-refractivity contribution in [3.63, 3.8) is 0 Å². The van der Waals surface area contributed by atoms with Crippen molar-refractivity contribution in [2.45, 2.75) is 12.8 Å². The third-order valence-corrected chi connectivity index (χ3v) is 1.93. The van der Waals surface area contributed by atoms with Crippen LogP contribution in [-0.2, 0) is 6.42 Å². The van der Waals surface area contributed by atoms with Crippen LogP contribution in [0.2, 0.25) is 0 Å². The number of aromatic amines is 1. The van der Waals surface area contributed by atoms with Crippen molar-refractivity contribution in [1.82, 2.24) is 4.98 Å². The molecule has 56 valence electrons. The van der Waals surface area contributed by atoms with Gasteiger partial charge in [-0.3, -0.25) is 0 Å². The molecule has 0 aliphatic heterocycles. The van der Waals surface area contributed by atoms with Crippen molar-refractivity contribution in [1.29, 1.82) is 0 Å². The van der Waals surface area contributed by atoms with Gasteiger partial charge >= 0.3 is 0 Å². The molecule has 2 nitrogen and oxygen atoms in total. The first-order valence-electron chi connectivity index (χ1n) is 3.26. The van der Waals surface area contributed by atoms with Crippen LogP contribution in [0.1, 0.15) is 12.1 Å². The summed E-state index contributed by atoms with van der Waals surface area (Å²) in [5.74, 6) is 0.376. The molecule has 1 aromatic rings. The zero-order chi connectivity index (χ0) is 7.40. The molecule has 3 heteroatoms. The molecule has 0 unspecified atom stereocenters. The lowest BCUT2D eigenvalue weighted by Gasteiger charge is -1.94. The second kappa shape index (κ2) is 3.66. The molecule has 0 aromatic carbocycles. The minimum atomic E-state index is 0.376. The summed E-state index contributed by atoms with van der Waals surface area (Å²) in [6, 6.07) is 1.67. The van der Waals surface area contributed by atoms with Gasteiger partial charge in [-0.2, -0.15) is 0 Å². The van der Waals surface area contributed by atoms with E-state index in [0.29, 0.717) is 5.75 Å². The highest BCUT2D eigenvalue weighted by molar-refractivity contribution is 9.09. The van der Waals surface area contributed by atoms with Crippen LogP contribution in [0, 0.1) is 0 Å². The molecule has 10 heavy (non-hydrogen) atoms. The van der Waals surface area contributed by atoms with E-state index in [9.17, 15) is 0 Å². The fourth-order valence-electron chi connectivity index (χ4n) is 0.840. The van der Waals surface area contributed by atoms with E-state index < -0.39 is 0 Å². The summed E-state index contributed by atoms with van der Waals surface area (Å²) in [7, 11) is 0. The van der Waals surface area contributed by atoms with Gasteiger partial charge in [0, 0.05) is 11.5 Å². The summed E-state index contributed by atoms with van der Waals surface area (Å²) in [5, 5.41) is 10.1. The summed E-state index contributed by atoms with van der Waals surface area (Å²) in [5.41, 5.74) is 0.930. The van der Waals surface area contributed by atoms with Gasteiger partial charge < -0.3 is 10.1 Å². The Kier molecular flexibility index (Phi) is 2.81. The number of aromatic nitrogens is 1. The summed E-state index contributed by atoms with van der Waals surface area (Å²) >= 11 is 3.32. The Hall–Kier alpha value is -0.440. The van der Waals surface area contributed by atoms with Gasteiger partial charge in [-0.15, -0.1) is 0 Å². The Bertz CT molecular complexity index is 197. The van der Waals surface area contributed by atoms with Gasteiger partial charge in [0.15, 0.2) is 0 Å². The number of aryl methyl sites for hydroxylation is 1. The Morgan fingerprint density at radius 3 is 2.90 bits per heavy atom. The third-order valence-electron chi connectivity index (χ3n) is 1.37. The van der Waals surface area contributed by atoms with Crippen LogP contribution >= 0.6 is 15.9 Å². The molecule has 1 rings (SSSR count). The molecule has 1 aromatic heterocycles. The third kappa shape index (κ3) is 1.77. The van der Waals surface area contributed by atoms with Crippen molar-refractivity contribution >= 4 is 15.9 Å². The zero-order valence-electron chi connectivity index (χ0n) is 5.60. The first-order chi connectivity index (χ1) is 4.84. The van der Waals surface area contributed by atoms with Crippen LogP contribution in [0.15, 0.2) is 12.3 Å². The van der Waals surface area contributed by atoms with E-state index in [-0.39, 0.29) is 0 Å². The molecule has 0 saturated heterocycles. The van der Waals surface area contributed by atoms with E-state index in [1.165, 1.54) is 0 Å². The molecule has 1 heterocycles. The van der Waals surface area contributed by atoms with Gasteiger partial charge in [0.25, 0.3) is 0 Å². The molecule has 0 amide bonds. The summed E-state index contributed by atoms with van der Waals surface area (Å²) in [6.45, 7) is 0. The van der Waals surface area contributed by atoms with E-state index in [2.05, 4.69) is 20.9 Å². The van der Waals surface area contributed by atoms with Gasteiger partial charge in [-0.05, 0) is 18.9 Å². The van der Waals surface area contributed by atoms with Crippen LogP contribution in [0.4, 0.5) is 0 Å². The average molecular weight is 204 g/mol. The lowest BCUT2D eigenvalue weighted by Crippen LogP contribution is -1.85. The highest BCUT2D eigenvalue weighted by Gasteiger charge is 1.98. The van der Waals surface area contributed by atoms with Crippen LogP contribution in [0.5, 0.6) is 5.75 Å². The van der Waals surface area contributed by atoms with E-state index in [4.69, 9.17) is 5.11 Å². The molecule has 0 fully saturated rings. The Balaban J connectivity index is 2.49. The topological polar surface area (TPSA) is 36.0 Å². The minimum Gasteiger partial charge on any atom is -0.506 e. The van der Waals surface area contributed by atoms with Crippen LogP contribution in [-0.4, -0.2) is 15.4 Å². The number of halogens is 1. The maximum absolute atomic E-state index is 9.13. The van der Waals surface area contributed by atoms with Gasteiger partial charge in [0.1, 0.15) is 5.75 Å². The van der Waals surface area contributed by atoms with Gasteiger partial charge in [0.2, 0.25) is 0 Å². The molecular weight excluding hydrogens is 194 g/mol. The van der Waals surface area contributed by atoms with Crippen molar-refractivity contribution in [3.8, 4) is 5.75 Å². The largest absolute Gasteiger partial charge is 0.506 e. The Morgan fingerprint density at radius 1 is 1.60 bits per heavy atom. The molecule has 0 saturated carbocycles. The smallest absolute Gasteiger partial charge is 0.136 e. The number of aromatic hydroxyl groups is 1. The lowest BCUT2D eigenvalue weighted by atomic mass is 10.2. The second-order valence-corrected chi connectivity index (χ2v) is 2.93. The normalized spacial score (nSPS) is 10.1. The van der Waals surface area contributed by atoms with Crippen molar-refractivity contribution in [3.05, 3.63) is 18.0 Å². The van der Waals surface area contributed by atoms with E-state index >= 15 is 0 Å². The summed E-state index contributed by atoms with van der Waals surface area (Å²) in [4.78, 5) is 2.97. The van der Waals surface area contributed by atoms with Crippen LogP contribution in [0.3, 0.4) is 0 Å². The Morgan fingerprint density at radius 2 is 2.40 bits per heavy atom. The number of hydrogen-bond donors (Lipinski definition) is 2. The molecule has 0 aliphatic carbocycles. The van der Waals surface area contributed by atoms with Gasteiger partial charge in [0.05, 0.1) is 5.69 Å². The van der Waals surface area contributed by atoms with Crippen LogP contribution < -0.4 is 0 Å². The predicted octanol–water partition coefficient (Wildman–Crippen LogP) is 2.05. The molecule has 0 spiro atoms. The first-order valence-corrected chi connectivity index (χ1v) is 4.38. The highest BCUT2D eigenvalue weighted by atomic mass is 79.9. The lowest BCUT2D eigenvalue weighted by molar-refractivity contribution is 0.468. The summed E-state index contributed by atoms with van der Waals surface area (Å²) in [6.07, 6.45) is 3.71. The molecule has 2 N–H and O–H groups in total. The molecule has 0 atom stereocenters. The first kappa shape index (κ1) is 7.66. The maximum Gasteiger partial charge on any atom is 0.136 e. The number of H-pyrrole nitrogens is 1. The monoisotopic (exact) mass is 203 g/mol. The average Bonchev–Trinajstić information content (AvgIpc) is 2.31. The molecular formula is C7H10BrNO. The predicted molar refractivity (Wildman–Crippen MR) is 44.6 cm³/mol. The van der Waals surface area contributed by atoms with Gasteiger partial charge in [-0.25, -0.2) is 0 Å². The fourth-order valence-corrected chi connectivity index (χ4v) is 1.12. The van der Waals surface area contributed by atoms with E-state index in [1.807, 2.05) is 0 Å². The Labute approximate surface area is 68.4 Å². The maximum atomic E-state index is 9.13. The van der Waals surface area contributed by atoms with Gasteiger partial charge in [-0.1, -0.05) is 15.9 Å².